The van der Waals surface area contributed by atoms with Gasteiger partial charge in [-0.1, -0.05) is 6.07 Å². The van der Waals surface area contributed by atoms with E-state index in [9.17, 15) is 4.39 Å². The average molecular weight is 363 g/mol. The van der Waals surface area contributed by atoms with Crippen molar-refractivity contribution in [2.75, 3.05) is 5.32 Å². The Labute approximate surface area is 155 Å². The highest BCUT2D eigenvalue weighted by atomic mass is 19.1. The molecule has 0 unspecified atom stereocenters. The number of hydrogen-bond acceptors (Lipinski definition) is 5. The Morgan fingerprint density at radius 2 is 2.00 bits per heavy atom. The van der Waals surface area contributed by atoms with E-state index in [2.05, 4.69) is 25.4 Å². The van der Waals surface area contributed by atoms with Gasteiger partial charge < -0.3 is 9.88 Å². The molecule has 1 aromatic carbocycles. The standard InChI is InChI=1S/C19H18FN7/c1-13-7-14(2)27(25-13)19-11-22-10-18(24-19)23-9-15-3-4-17(16(20)8-15)26-6-5-21-12-26/h3-8,10-12H,9H2,1-2H3,(H,23,24). The Hall–Kier alpha value is -3.55. The molecule has 0 radical (unpaired) electrons. The van der Waals surface area contributed by atoms with Crippen molar-refractivity contribution in [3.63, 3.8) is 0 Å². The fraction of sp³-hybridized carbons (Fsp3) is 0.158. The Bertz CT molecular complexity index is 1070. The molecule has 136 valence electrons. The summed E-state index contributed by atoms with van der Waals surface area (Å²) in [7, 11) is 0. The monoisotopic (exact) mass is 363 g/mol. The number of nitrogens with zero attached hydrogens (tertiary/aromatic N) is 6. The van der Waals surface area contributed by atoms with Crippen LogP contribution in [0.3, 0.4) is 0 Å². The van der Waals surface area contributed by atoms with E-state index >= 15 is 0 Å². The van der Waals surface area contributed by atoms with Crippen molar-refractivity contribution in [2.24, 2.45) is 0 Å². The zero-order valence-corrected chi connectivity index (χ0v) is 15.0. The van der Waals surface area contributed by atoms with E-state index in [0.29, 0.717) is 23.9 Å². The Kier molecular flexibility index (Phi) is 4.37. The largest absolute Gasteiger partial charge is 0.365 e. The van der Waals surface area contributed by atoms with E-state index in [1.54, 1.807) is 46.4 Å². The molecule has 0 aliphatic heterocycles. The topological polar surface area (TPSA) is 73.5 Å². The van der Waals surface area contributed by atoms with Crippen molar-refractivity contribution >= 4 is 5.82 Å². The van der Waals surface area contributed by atoms with Gasteiger partial charge in [0.05, 0.1) is 30.1 Å². The molecule has 4 aromatic rings. The summed E-state index contributed by atoms with van der Waals surface area (Å²) < 4.78 is 17.7. The van der Waals surface area contributed by atoms with Crippen LogP contribution in [-0.4, -0.2) is 29.3 Å². The number of aromatic nitrogens is 6. The fourth-order valence-corrected chi connectivity index (χ4v) is 2.87. The minimum atomic E-state index is -0.310. The molecular weight excluding hydrogens is 345 g/mol. The van der Waals surface area contributed by atoms with Gasteiger partial charge >= 0.3 is 0 Å². The van der Waals surface area contributed by atoms with Gasteiger partial charge in [0.15, 0.2) is 5.82 Å². The Morgan fingerprint density at radius 1 is 1.11 bits per heavy atom. The number of nitrogens with one attached hydrogen (secondary N) is 1. The van der Waals surface area contributed by atoms with Gasteiger partial charge in [0.25, 0.3) is 0 Å². The van der Waals surface area contributed by atoms with Gasteiger partial charge in [-0.25, -0.2) is 19.0 Å². The Balaban J connectivity index is 1.50. The van der Waals surface area contributed by atoms with Crippen LogP contribution in [-0.2, 0) is 6.54 Å². The first-order valence-corrected chi connectivity index (χ1v) is 8.46. The zero-order valence-electron chi connectivity index (χ0n) is 15.0. The van der Waals surface area contributed by atoms with Crippen molar-refractivity contribution < 1.29 is 4.39 Å². The lowest BCUT2D eigenvalue weighted by Gasteiger charge is -2.10. The molecule has 3 aromatic heterocycles. The van der Waals surface area contributed by atoms with Gasteiger partial charge in [-0.15, -0.1) is 0 Å². The van der Waals surface area contributed by atoms with Crippen molar-refractivity contribution in [3.8, 4) is 11.5 Å². The fourth-order valence-electron chi connectivity index (χ4n) is 2.87. The summed E-state index contributed by atoms with van der Waals surface area (Å²) in [6.07, 6.45) is 8.17. The van der Waals surface area contributed by atoms with Gasteiger partial charge in [-0.2, -0.15) is 5.10 Å². The molecule has 0 amide bonds. The van der Waals surface area contributed by atoms with E-state index in [0.717, 1.165) is 17.0 Å². The highest BCUT2D eigenvalue weighted by Gasteiger charge is 2.08. The van der Waals surface area contributed by atoms with E-state index < -0.39 is 0 Å². The summed E-state index contributed by atoms with van der Waals surface area (Å²) in [5.74, 6) is 0.918. The summed E-state index contributed by atoms with van der Waals surface area (Å²) in [6.45, 7) is 4.32. The number of imidazole rings is 1. The lowest BCUT2D eigenvalue weighted by atomic mass is 10.2. The first-order chi connectivity index (χ1) is 13.1. The van der Waals surface area contributed by atoms with Crippen molar-refractivity contribution in [2.45, 2.75) is 20.4 Å². The number of anilines is 1. The van der Waals surface area contributed by atoms with Crippen molar-refractivity contribution in [3.05, 3.63) is 78.1 Å². The molecule has 4 rings (SSSR count). The van der Waals surface area contributed by atoms with E-state index in [-0.39, 0.29) is 5.82 Å². The maximum atomic E-state index is 14.4. The molecule has 0 aliphatic rings. The van der Waals surface area contributed by atoms with Crippen LogP contribution in [0.2, 0.25) is 0 Å². The summed E-state index contributed by atoms with van der Waals surface area (Å²) in [4.78, 5) is 12.7. The molecule has 0 atom stereocenters. The van der Waals surface area contributed by atoms with Crippen LogP contribution in [0.25, 0.3) is 11.5 Å². The molecule has 0 fully saturated rings. The predicted octanol–water partition coefficient (Wildman–Crippen LogP) is 3.22. The molecule has 1 N–H and O–H groups in total. The third kappa shape index (κ3) is 3.55. The second kappa shape index (κ2) is 6.99. The quantitative estimate of drug-likeness (QED) is 0.589. The smallest absolute Gasteiger partial charge is 0.174 e. The summed E-state index contributed by atoms with van der Waals surface area (Å²) in [5.41, 5.74) is 3.16. The van der Waals surface area contributed by atoms with Crippen LogP contribution in [0.1, 0.15) is 17.0 Å². The normalized spacial score (nSPS) is 10.9. The van der Waals surface area contributed by atoms with Gasteiger partial charge in [0.1, 0.15) is 11.6 Å². The van der Waals surface area contributed by atoms with Gasteiger partial charge in [-0.05, 0) is 37.6 Å². The van der Waals surface area contributed by atoms with Gasteiger partial charge in [-0.3, -0.25) is 4.98 Å². The first-order valence-electron chi connectivity index (χ1n) is 8.46. The summed E-state index contributed by atoms with van der Waals surface area (Å²) >= 11 is 0. The van der Waals surface area contributed by atoms with Crippen LogP contribution in [0.4, 0.5) is 10.2 Å². The molecule has 0 spiro atoms. The summed E-state index contributed by atoms with van der Waals surface area (Å²) in [6, 6.07) is 7.07. The molecule has 8 heteroatoms. The van der Waals surface area contributed by atoms with Crippen LogP contribution in [0, 0.1) is 19.7 Å². The van der Waals surface area contributed by atoms with Gasteiger partial charge in [0.2, 0.25) is 0 Å². The molecule has 27 heavy (non-hydrogen) atoms. The number of rotatable bonds is 5. The highest BCUT2D eigenvalue weighted by molar-refractivity contribution is 5.40. The molecule has 0 aliphatic carbocycles. The number of hydrogen-bond donors (Lipinski definition) is 1. The van der Waals surface area contributed by atoms with Crippen LogP contribution in [0.5, 0.6) is 0 Å². The van der Waals surface area contributed by atoms with Crippen LogP contribution >= 0.6 is 0 Å². The molecule has 3 heterocycles. The lowest BCUT2D eigenvalue weighted by Crippen LogP contribution is -2.07. The van der Waals surface area contributed by atoms with Crippen LogP contribution in [0.15, 0.2) is 55.4 Å². The average Bonchev–Trinajstić information content (AvgIpc) is 3.30. The lowest BCUT2D eigenvalue weighted by molar-refractivity contribution is 0.616. The summed E-state index contributed by atoms with van der Waals surface area (Å²) in [5, 5.41) is 7.59. The predicted molar refractivity (Wildman–Crippen MR) is 99.5 cm³/mol. The van der Waals surface area contributed by atoms with E-state index in [1.165, 1.54) is 6.07 Å². The number of benzene rings is 1. The maximum Gasteiger partial charge on any atom is 0.174 e. The highest BCUT2D eigenvalue weighted by Crippen LogP contribution is 2.16. The molecule has 0 saturated heterocycles. The minimum absolute atomic E-state index is 0.310. The molecule has 0 bridgehead atoms. The zero-order chi connectivity index (χ0) is 18.8. The van der Waals surface area contributed by atoms with Crippen LogP contribution < -0.4 is 5.32 Å². The van der Waals surface area contributed by atoms with Crippen molar-refractivity contribution in [1.29, 1.82) is 0 Å². The molecule has 0 saturated carbocycles. The van der Waals surface area contributed by atoms with Crippen molar-refractivity contribution in [1.82, 2.24) is 29.3 Å². The SMILES string of the molecule is Cc1cc(C)n(-c2cncc(NCc3ccc(-n4ccnc4)c(F)c3)n2)n1. The van der Waals surface area contributed by atoms with E-state index in [1.807, 2.05) is 26.0 Å². The maximum absolute atomic E-state index is 14.4. The Morgan fingerprint density at radius 3 is 2.70 bits per heavy atom. The van der Waals surface area contributed by atoms with Gasteiger partial charge in [0, 0.05) is 24.6 Å². The third-order valence-corrected chi connectivity index (χ3v) is 4.12. The number of halogens is 1. The second-order valence-corrected chi connectivity index (χ2v) is 6.21. The number of aryl methyl sites for hydroxylation is 2. The second-order valence-electron chi connectivity index (χ2n) is 6.21. The minimum Gasteiger partial charge on any atom is -0.365 e. The van der Waals surface area contributed by atoms with E-state index in [4.69, 9.17) is 0 Å². The molecular formula is C19H18FN7. The third-order valence-electron chi connectivity index (χ3n) is 4.12. The molecule has 7 nitrogen and oxygen atoms in total. The first kappa shape index (κ1) is 16.9.